The SMILES string of the molecule is CSC(=N[C@@H](C)c1ccccc1N=C=C(C)c1ccccc1)SC. The highest BCUT2D eigenvalue weighted by Gasteiger charge is 2.09. The minimum Gasteiger partial charge on any atom is -0.264 e. The monoisotopic (exact) mass is 354 g/mol. The molecular weight excluding hydrogens is 332 g/mol. The van der Waals surface area contributed by atoms with Crippen molar-refractivity contribution in [3.8, 4) is 0 Å². The molecule has 0 saturated carbocycles. The number of thioether (sulfide) groups is 2. The molecule has 4 heteroatoms. The summed E-state index contributed by atoms with van der Waals surface area (Å²) in [5, 5.41) is 0. The third-order valence-corrected chi connectivity index (χ3v) is 5.50. The number of benzene rings is 2. The molecule has 0 radical (unpaired) electrons. The second kappa shape index (κ2) is 9.53. The van der Waals surface area contributed by atoms with E-state index >= 15 is 0 Å². The van der Waals surface area contributed by atoms with Gasteiger partial charge >= 0.3 is 0 Å². The fourth-order valence-electron chi connectivity index (χ4n) is 2.26. The van der Waals surface area contributed by atoms with Gasteiger partial charge in [0.1, 0.15) is 4.38 Å². The van der Waals surface area contributed by atoms with Crippen LogP contribution in [0.3, 0.4) is 0 Å². The van der Waals surface area contributed by atoms with Gasteiger partial charge in [-0.1, -0.05) is 48.5 Å². The van der Waals surface area contributed by atoms with E-state index in [1.165, 1.54) is 0 Å². The van der Waals surface area contributed by atoms with Crippen LogP contribution in [-0.2, 0) is 0 Å². The van der Waals surface area contributed by atoms with Crippen molar-refractivity contribution in [3.63, 3.8) is 0 Å². The lowest BCUT2D eigenvalue weighted by atomic mass is 10.1. The molecule has 0 saturated heterocycles. The molecule has 0 aliphatic heterocycles. The molecule has 0 N–H and O–H groups in total. The van der Waals surface area contributed by atoms with Crippen LogP contribution in [0.15, 0.2) is 64.6 Å². The molecule has 0 aromatic heterocycles. The number of allylic oxidation sites excluding steroid dienone is 1. The first kappa shape index (κ1) is 18.6. The summed E-state index contributed by atoms with van der Waals surface area (Å²) in [4.78, 5) is 9.37. The van der Waals surface area contributed by atoms with Crippen molar-refractivity contribution >= 4 is 45.0 Å². The standard InChI is InChI=1S/C20H22N2S2/c1-15(17-10-6-5-7-11-17)14-21-19-13-9-8-12-18(19)16(2)22-20(23-3)24-4/h5-13,16H,1-4H3/t16-/m0/s1. The zero-order valence-corrected chi connectivity index (χ0v) is 16.1. The molecular formula is C20H22N2S2. The van der Waals surface area contributed by atoms with E-state index < -0.39 is 0 Å². The molecule has 2 rings (SSSR count). The third kappa shape index (κ3) is 5.13. The van der Waals surface area contributed by atoms with E-state index in [2.05, 4.69) is 48.5 Å². The minimum absolute atomic E-state index is 0.0682. The van der Waals surface area contributed by atoms with Crippen LogP contribution in [0.1, 0.15) is 31.0 Å². The van der Waals surface area contributed by atoms with Gasteiger partial charge in [-0.2, -0.15) is 0 Å². The molecule has 0 heterocycles. The van der Waals surface area contributed by atoms with Gasteiger partial charge in [0.25, 0.3) is 0 Å². The number of hydrogen-bond acceptors (Lipinski definition) is 4. The van der Waals surface area contributed by atoms with Crippen LogP contribution in [-0.4, -0.2) is 22.8 Å². The van der Waals surface area contributed by atoms with E-state index in [1.54, 1.807) is 23.5 Å². The molecule has 2 aromatic rings. The first-order valence-electron chi connectivity index (χ1n) is 7.76. The molecule has 0 unspecified atom stereocenters. The van der Waals surface area contributed by atoms with Crippen molar-refractivity contribution in [1.82, 2.24) is 0 Å². The van der Waals surface area contributed by atoms with Crippen molar-refractivity contribution in [1.29, 1.82) is 0 Å². The van der Waals surface area contributed by atoms with Crippen molar-refractivity contribution in [2.45, 2.75) is 19.9 Å². The Morgan fingerprint density at radius 2 is 1.58 bits per heavy atom. The van der Waals surface area contributed by atoms with Gasteiger partial charge in [-0.3, -0.25) is 4.99 Å². The highest BCUT2D eigenvalue weighted by Crippen LogP contribution is 2.29. The summed E-state index contributed by atoms with van der Waals surface area (Å²) in [7, 11) is 0. The summed E-state index contributed by atoms with van der Waals surface area (Å²) < 4.78 is 1.08. The second-order valence-corrected chi connectivity index (χ2v) is 7.10. The van der Waals surface area contributed by atoms with E-state index in [0.29, 0.717) is 0 Å². The quantitative estimate of drug-likeness (QED) is 0.480. The predicted molar refractivity (Wildman–Crippen MR) is 112 cm³/mol. The second-order valence-electron chi connectivity index (χ2n) is 5.25. The summed E-state index contributed by atoms with van der Waals surface area (Å²) >= 11 is 3.35. The van der Waals surface area contributed by atoms with Crippen molar-refractivity contribution in [2.24, 2.45) is 9.98 Å². The zero-order chi connectivity index (χ0) is 17.4. The first-order chi connectivity index (χ1) is 11.7. The van der Waals surface area contributed by atoms with Gasteiger partial charge in [-0.15, -0.1) is 23.5 Å². The number of nitrogens with zero attached hydrogens (tertiary/aromatic N) is 2. The minimum atomic E-state index is 0.0682. The third-order valence-electron chi connectivity index (χ3n) is 3.59. The molecule has 124 valence electrons. The molecule has 2 nitrogen and oxygen atoms in total. The van der Waals surface area contributed by atoms with Gasteiger partial charge in [0.2, 0.25) is 0 Å². The number of rotatable bonds is 4. The van der Waals surface area contributed by atoms with Crippen molar-refractivity contribution in [3.05, 3.63) is 65.7 Å². The fourth-order valence-corrected chi connectivity index (χ4v) is 3.45. The van der Waals surface area contributed by atoms with Gasteiger partial charge in [0.15, 0.2) is 0 Å². The van der Waals surface area contributed by atoms with Gasteiger partial charge in [-0.05, 0) is 43.9 Å². The van der Waals surface area contributed by atoms with Crippen LogP contribution in [0.4, 0.5) is 5.69 Å². The molecule has 0 spiro atoms. The molecule has 0 amide bonds. The highest BCUT2D eigenvalue weighted by atomic mass is 32.2. The Morgan fingerprint density at radius 3 is 2.25 bits per heavy atom. The van der Waals surface area contributed by atoms with E-state index in [1.807, 2.05) is 43.3 Å². The van der Waals surface area contributed by atoms with Crippen LogP contribution in [0.2, 0.25) is 0 Å². The summed E-state index contributed by atoms with van der Waals surface area (Å²) in [6.07, 6.45) is 4.11. The van der Waals surface area contributed by atoms with Crippen LogP contribution in [0.5, 0.6) is 0 Å². The van der Waals surface area contributed by atoms with Crippen LogP contribution in [0, 0.1) is 0 Å². The van der Waals surface area contributed by atoms with Crippen LogP contribution in [0.25, 0.3) is 5.57 Å². The number of aliphatic imine (C=N–C) groups is 2. The average molecular weight is 355 g/mol. The molecule has 0 aliphatic rings. The number of para-hydroxylation sites is 1. The summed E-state index contributed by atoms with van der Waals surface area (Å²) in [5.41, 5.74) is 4.20. The smallest absolute Gasteiger partial charge is 0.124 e. The molecule has 2 aromatic carbocycles. The summed E-state index contributed by atoms with van der Waals surface area (Å²) in [6.45, 7) is 4.14. The molecule has 24 heavy (non-hydrogen) atoms. The lowest BCUT2D eigenvalue weighted by molar-refractivity contribution is 0.827. The summed E-state index contributed by atoms with van der Waals surface area (Å²) in [6, 6.07) is 18.4. The maximum Gasteiger partial charge on any atom is 0.124 e. The Morgan fingerprint density at radius 1 is 0.958 bits per heavy atom. The maximum atomic E-state index is 4.78. The maximum absolute atomic E-state index is 4.78. The van der Waals surface area contributed by atoms with E-state index in [4.69, 9.17) is 4.99 Å². The van der Waals surface area contributed by atoms with Crippen molar-refractivity contribution in [2.75, 3.05) is 12.5 Å². The largest absolute Gasteiger partial charge is 0.264 e. The normalized spacial score (nSPS) is 11.3. The van der Waals surface area contributed by atoms with Gasteiger partial charge < -0.3 is 0 Å². The Hall–Kier alpha value is -1.74. The molecule has 0 fully saturated rings. The fraction of sp³-hybridized carbons (Fsp3) is 0.250. The topological polar surface area (TPSA) is 24.7 Å². The van der Waals surface area contributed by atoms with Crippen molar-refractivity contribution < 1.29 is 0 Å². The predicted octanol–water partition coefficient (Wildman–Crippen LogP) is 6.23. The van der Waals surface area contributed by atoms with Crippen LogP contribution >= 0.6 is 23.5 Å². The van der Waals surface area contributed by atoms with E-state index in [-0.39, 0.29) is 6.04 Å². The Kier molecular flexibility index (Phi) is 7.38. The highest BCUT2D eigenvalue weighted by molar-refractivity contribution is 8.38. The van der Waals surface area contributed by atoms with Gasteiger partial charge in [0.05, 0.1) is 11.7 Å². The lowest BCUT2D eigenvalue weighted by Crippen LogP contribution is -1.94. The summed E-state index contributed by atoms with van der Waals surface area (Å²) in [5.74, 6) is 3.17. The van der Waals surface area contributed by atoms with Crippen LogP contribution < -0.4 is 0 Å². The molecule has 0 bridgehead atoms. The molecule has 0 aliphatic carbocycles. The Labute approximate surface area is 153 Å². The Balaban J connectivity index is 2.36. The van der Waals surface area contributed by atoms with Gasteiger partial charge in [0, 0.05) is 11.1 Å². The first-order valence-corrected chi connectivity index (χ1v) is 10.2. The van der Waals surface area contributed by atoms with E-state index in [9.17, 15) is 0 Å². The van der Waals surface area contributed by atoms with Gasteiger partial charge in [-0.25, -0.2) is 4.99 Å². The van der Waals surface area contributed by atoms with E-state index in [0.717, 1.165) is 26.8 Å². The zero-order valence-electron chi connectivity index (χ0n) is 14.5. The molecule has 1 atom stereocenters. The Bertz CT molecular complexity index is 754. The lowest BCUT2D eigenvalue weighted by Gasteiger charge is -2.11. The number of hydrogen-bond donors (Lipinski definition) is 0. The average Bonchev–Trinajstić information content (AvgIpc) is 2.64.